The second-order valence-corrected chi connectivity index (χ2v) is 5.81. The third kappa shape index (κ3) is 35.9. The van der Waals surface area contributed by atoms with Crippen LogP contribution in [0.4, 0.5) is 0 Å². The van der Waals surface area contributed by atoms with Gasteiger partial charge in [0.15, 0.2) is 0 Å². The molecule has 6 heavy (non-hydrogen) atoms. The summed E-state index contributed by atoms with van der Waals surface area (Å²) in [5, 5.41) is 0. The van der Waals surface area contributed by atoms with Crippen molar-refractivity contribution in [3.8, 4) is 0 Å². The van der Waals surface area contributed by atoms with Gasteiger partial charge < -0.3 is 6.66 Å². The first-order chi connectivity index (χ1) is 2.00. The van der Waals surface area contributed by atoms with Gasteiger partial charge in [-0.15, -0.1) is 6.30 Å². The van der Waals surface area contributed by atoms with Crippen molar-refractivity contribution in [3.05, 3.63) is 6.66 Å². The van der Waals surface area contributed by atoms with E-state index in [1.807, 2.05) is 0 Å². The Morgan fingerprint density at radius 2 is 1.50 bits per heavy atom. The smallest absolute Gasteiger partial charge is 0.316 e. The van der Waals surface area contributed by atoms with Gasteiger partial charge in [0.2, 0.25) is 0 Å². The van der Waals surface area contributed by atoms with E-state index < -0.39 is 6.89 Å². The van der Waals surface area contributed by atoms with Crippen LogP contribution >= 0.6 is 6.89 Å². The molecular weight excluding hydrogens is 164 g/mol. The summed E-state index contributed by atoms with van der Waals surface area (Å²) in [6, 6.07) is 0. The van der Waals surface area contributed by atoms with Crippen LogP contribution in [0.3, 0.4) is 0 Å². The molecule has 0 rings (SSSR count). The van der Waals surface area contributed by atoms with Gasteiger partial charge in [-0.2, -0.15) is 0 Å². The third-order valence-corrected chi connectivity index (χ3v) is 0. The van der Waals surface area contributed by atoms with E-state index in [1.165, 1.54) is 0 Å². The van der Waals surface area contributed by atoms with E-state index >= 15 is 0 Å². The fourth-order valence-corrected chi connectivity index (χ4v) is 0. The van der Waals surface area contributed by atoms with Crippen molar-refractivity contribution in [2.75, 3.05) is 13.3 Å². The van der Waals surface area contributed by atoms with E-state index in [1.54, 1.807) is 0 Å². The average Bonchev–Trinajstić information content (AvgIpc) is 0.722. The van der Waals surface area contributed by atoms with E-state index in [0.29, 0.717) is 0 Å². The zero-order chi connectivity index (χ0) is 4.50. The van der Waals surface area contributed by atoms with Crippen molar-refractivity contribution in [2.45, 2.75) is 0 Å². The zero-order valence-corrected chi connectivity index (χ0v) is 10.7. The fraction of sp³-hybridized carbons (Fsp3) is 0.500. The largest absolute Gasteiger partial charge is 1.00 e. The first-order valence-corrected chi connectivity index (χ1v) is 4.58. The maximum Gasteiger partial charge on any atom is 1.00 e. The van der Waals surface area contributed by atoms with Gasteiger partial charge in [-0.3, -0.25) is 6.89 Å². The second-order valence-electron chi connectivity index (χ2n) is 1.94. The van der Waals surface area contributed by atoms with Crippen molar-refractivity contribution < 1.29 is 58.2 Å². The molecule has 0 aliphatic heterocycles. The molecule has 0 bridgehead atoms. The van der Waals surface area contributed by atoms with Crippen molar-refractivity contribution in [1.82, 2.24) is 0 Å². The summed E-state index contributed by atoms with van der Waals surface area (Å²) in [5.74, 6) is 0. The Kier molecular flexibility index (Phi) is 7.38. The number of rotatable bonds is 0. The maximum absolute atomic E-state index is 3.77. The normalized spacial score (nSPS) is 9.83. The minimum atomic E-state index is -0.889. The Balaban J connectivity index is 0. The molecule has 0 saturated heterocycles. The first kappa shape index (κ1) is 11.0. The standard InChI is InChI=1S/C4H10P.Rb/c1-5(2,3)4;/h1-2H2,3-4H3;/q-1;+1. The molecule has 0 saturated carbocycles. The van der Waals surface area contributed by atoms with Gasteiger partial charge in [0.1, 0.15) is 0 Å². The first-order valence-electron chi connectivity index (χ1n) is 1.53. The van der Waals surface area contributed by atoms with Gasteiger partial charge in [0.25, 0.3) is 0 Å². The molecule has 0 aromatic rings. The second kappa shape index (κ2) is 4.03. The summed E-state index contributed by atoms with van der Waals surface area (Å²) in [5.41, 5.74) is 0. The van der Waals surface area contributed by atoms with Gasteiger partial charge in [0, 0.05) is 0 Å². The summed E-state index contributed by atoms with van der Waals surface area (Å²) in [6.45, 7) is 7.03. The third-order valence-electron chi connectivity index (χ3n) is 0. The molecule has 0 atom stereocenters. The Labute approximate surface area is 89.5 Å². The van der Waals surface area contributed by atoms with Gasteiger partial charge in [-0.05, 0) is 0 Å². The van der Waals surface area contributed by atoms with Crippen molar-refractivity contribution in [2.24, 2.45) is 0 Å². The van der Waals surface area contributed by atoms with E-state index in [-0.39, 0.29) is 58.2 Å². The predicted molar refractivity (Wildman–Crippen MR) is 31.2 cm³/mol. The number of hydrogen-bond acceptors (Lipinski definition) is 0. The predicted octanol–water partition coefficient (Wildman–Crippen LogP) is -1.51. The molecular formula is C4H10PRb. The molecule has 0 heterocycles. The molecule has 0 nitrogen and oxygen atoms in total. The van der Waals surface area contributed by atoms with Gasteiger partial charge in [-0.25, -0.2) is 0 Å². The zero-order valence-electron chi connectivity index (χ0n) is 4.86. The molecule has 0 aromatic heterocycles. The van der Waals surface area contributed by atoms with Crippen LogP contribution in [0.25, 0.3) is 0 Å². The minimum absolute atomic E-state index is 0. The van der Waals surface area contributed by atoms with Gasteiger partial charge in [0.05, 0.1) is 0 Å². The van der Waals surface area contributed by atoms with Crippen LogP contribution in [0.15, 0.2) is 0 Å². The van der Waals surface area contributed by atoms with Crippen LogP contribution in [-0.4, -0.2) is 19.6 Å². The van der Waals surface area contributed by atoms with E-state index in [2.05, 4.69) is 26.3 Å². The van der Waals surface area contributed by atoms with Crippen molar-refractivity contribution in [3.63, 3.8) is 0 Å². The van der Waals surface area contributed by atoms with E-state index in [0.717, 1.165) is 0 Å². The summed E-state index contributed by atoms with van der Waals surface area (Å²) < 4.78 is 0. The van der Waals surface area contributed by atoms with Crippen LogP contribution in [0.1, 0.15) is 0 Å². The van der Waals surface area contributed by atoms with E-state index in [4.69, 9.17) is 0 Å². The molecule has 32 valence electrons. The van der Waals surface area contributed by atoms with Crippen LogP contribution < -0.4 is 58.2 Å². The number of hydrogen-bond donors (Lipinski definition) is 0. The molecule has 0 fully saturated rings. The molecule has 0 aliphatic rings. The van der Waals surface area contributed by atoms with Crippen LogP contribution in [0.2, 0.25) is 0 Å². The van der Waals surface area contributed by atoms with Crippen LogP contribution in [0, 0.1) is 6.66 Å². The molecule has 0 N–H and O–H groups in total. The molecule has 2 heteroatoms. The van der Waals surface area contributed by atoms with Crippen LogP contribution in [0.5, 0.6) is 0 Å². The summed E-state index contributed by atoms with van der Waals surface area (Å²) >= 11 is 0. The maximum atomic E-state index is 3.77. The minimum Gasteiger partial charge on any atom is -0.316 e. The Bertz CT molecular complexity index is 53.7. The van der Waals surface area contributed by atoms with Crippen molar-refractivity contribution in [1.29, 1.82) is 0 Å². The van der Waals surface area contributed by atoms with Crippen molar-refractivity contribution >= 4 is 13.2 Å². The molecule has 0 aromatic carbocycles. The monoisotopic (exact) mass is 174 g/mol. The SMILES string of the molecule is C=P([CH2-])(C)C.[Rb+]. The summed E-state index contributed by atoms with van der Waals surface area (Å²) in [4.78, 5) is 0. The van der Waals surface area contributed by atoms with Crippen LogP contribution in [-0.2, 0) is 0 Å². The molecule has 0 spiro atoms. The summed E-state index contributed by atoms with van der Waals surface area (Å²) in [7, 11) is 0. The van der Waals surface area contributed by atoms with Gasteiger partial charge >= 0.3 is 58.2 Å². The molecule has 0 aliphatic carbocycles. The van der Waals surface area contributed by atoms with Gasteiger partial charge in [-0.1, -0.05) is 13.3 Å². The molecule has 0 unspecified atom stereocenters. The topological polar surface area (TPSA) is 0 Å². The Hall–Kier alpha value is 2.11. The molecule has 0 radical (unpaired) electrons. The Morgan fingerprint density at radius 1 is 1.50 bits per heavy atom. The Morgan fingerprint density at radius 3 is 1.50 bits per heavy atom. The summed E-state index contributed by atoms with van der Waals surface area (Å²) in [6.07, 6.45) is 3.77. The fourth-order valence-electron chi connectivity index (χ4n) is 0. The van der Waals surface area contributed by atoms with E-state index in [9.17, 15) is 0 Å². The molecule has 0 amide bonds. The average molecular weight is 175 g/mol. The quantitative estimate of drug-likeness (QED) is 0.310.